The maximum Gasteiger partial charge on any atom is 0.208 e. The fourth-order valence-corrected chi connectivity index (χ4v) is 1.25. The van der Waals surface area contributed by atoms with Gasteiger partial charge in [-0.15, -0.1) is 11.7 Å². The van der Waals surface area contributed by atoms with E-state index in [1.54, 1.807) is 11.8 Å². The molecule has 0 unspecified atom stereocenters. The Morgan fingerprint density at radius 1 is 1.67 bits per heavy atom. The van der Waals surface area contributed by atoms with E-state index in [2.05, 4.69) is 35.6 Å². The number of nitrogens with one attached hydrogen (secondary N) is 1. The van der Waals surface area contributed by atoms with Gasteiger partial charge >= 0.3 is 0 Å². The maximum atomic E-state index is 4.30. The summed E-state index contributed by atoms with van der Waals surface area (Å²) in [7, 11) is 0. The molecule has 66 valence electrons. The van der Waals surface area contributed by atoms with Gasteiger partial charge in [0, 0.05) is 11.7 Å². The van der Waals surface area contributed by atoms with Crippen LogP contribution in [0.5, 0.6) is 0 Å². The first-order chi connectivity index (χ1) is 5.74. The van der Waals surface area contributed by atoms with Crippen molar-refractivity contribution in [3.63, 3.8) is 0 Å². The molecule has 0 aliphatic carbocycles. The van der Waals surface area contributed by atoms with Crippen LogP contribution in [0.15, 0.2) is 17.8 Å². The van der Waals surface area contributed by atoms with Crippen molar-refractivity contribution in [3.05, 3.63) is 18.5 Å². The molecule has 0 fully saturated rings. The fraction of sp³-hybridized carbons (Fsp3) is 0.500. The number of hydrogen-bond donors (Lipinski definition) is 1. The maximum absolute atomic E-state index is 4.30. The van der Waals surface area contributed by atoms with Crippen LogP contribution in [-0.4, -0.2) is 20.9 Å². The van der Waals surface area contributed by atoms with Crippen LogP contribution in [0, 0.1) is 0 Å². The molecule has 0 spiro atoms. The van der Waals surface area contributed by atoms with Crippen LogP contribution in [0.3, 0.4) is 0 Å². The fourth-order valence-electron chi connectivity index (χ4n) is 0.714. The SMILES string of the molecule is C=CCSc1n[nH]c(C(C)C)n1. The van der Waals surface area contributed by atoms with Gasteiger partial charge < -0.3 is 0 Å². The molecule has 0 radical (unpaired) electrons. The largest absolute Gasteiger partial charge is 0.262 e. The number of aromatic nitrogens is 3. The summed E-state index contributed by atoms with van der Waals surface area (Å²) >= 11 is 1.59. The van der Waals surface area contributed by atoms with Crippen molar-refractivity contribution in [2.75, 3.05) is 5.75 Å². The molecule has 0 aromatic carbocycles. The molecule has 0 aliphatic heterocycles. The van der Waals surface area contributed by atoms with E-state index in [0.717, 1.165) is 16.7 Å². The second-order valence-electron chi connectivity index (χ2n) is 2.76. The lowest BCUT2D eigenvalue weighted by atomic mass is 10.2. The van der Waals surface area contributed by atoms with Crippen molar-refractivity contribution < 1.29 is 0 Å². The van der Waals surface area contributed by atoms with Crippen molar-refractivity contribution >= 4 is 11.8 Å². The molecule has 4 heteroatoms. The Morgan fingerprint density at radius 3 is 2.92 bits per heavy atom. The van der Waals surface area contributed by atoms with Gasteiger partial charge in [0.2, 0.25) is 5.16 Å². The highest BCUT2D eigenvalue weighted by Gasteiger charge is 2.05. The Bertz CT molecular complexity index is 255. The highest BCUT2D eigenvalue weighted by Crippen LogP contribution is 2.15. The number of thioether (sulfide) groups is 1. The number of nitrogens with zero attached hydrogens (tertiary/aromatic N) is 2. The third-order valence-corrected chi connectivity index (χ3v) is 2.20. The van der Waals surface area contributed by atoms with Crippen LogP contribution in [-0.2, 0) is 0 Å². The molecule has 0 saturated carbocycles. The van der Waals surface area contributed by atoms with Crippen molar-refractivity contribution in [1.29, 1.82) is 0 Å². The zero-order chi connectivity index (χ0) is 8.97. The number of rotatable bonds is 4. The van der Waals surface area contributed by atoms with Crippen LogP contribution in [0.25, 0.3) is 0 Å². The van der Waals surface area contributed by atoms with Crippen LogP contribution in [0.1, 0.15) is 25.6 Å². The molecule has 1 heterocycles. The molecule has 0 amide bonds. The van der Waals surface area contributed by atoms with Gasteiger partial charge in [-0.3, -0.25) is 5.10 Å². The highest BCUT2D eigenvalue weighted by molar-refractivity contribution is 7.99. The molecule has 3 nitrogen and oxygen atoms in total. The molecule has 1 aromatic rings. The predicted octanol–water partition coefficient (Wildman–Crippen LogP) is 2.21. The lowest BCUT2D eigenvalue weighted by Crippen LogP contribution is -1.89. The second kappa shape index (κ2) is 4.30. The second-order valence-corrected chi connectivity index (χ2v) is 3.74. The summed E-state index contributed by atoms with van der Waals surface area (Å²) in [6.07, 6.45) is 1.84. The Hall–Kier alpha value is -0.770. The van der Waals surface area contributed by atoms with Gasteiger partial charge in [0.05, 0.1) is 0 Å². The molecular formula is C8H13N3S. The number of aromatic amines is 1. The molecule has 1 rings (SSSR count). The molecule has 0 atom stereocenters. The third kappa shape index (κ3) is 2.37. The third-order valence-electron chi connectivity index (χ3n) is 1.36. The Kier molecular flexibility index (Phi) is 3.34. The van der Waals surface area contributed by atoms with Crippen molar-refractivity contribution in [2.45, 2.75) is 24.9 Å². The molecule has 12 heavy (non-hydrogen) atoms. The molecule has 0 saturated heterocycles. The Morgan fingerprint density at radius 2 is 2.42 bits per heavy atom. The summed E-state index contributed by atoms with van der Waals surface area (Å²) < 4.78 is 0. The quantitative estimate of drug-likeness (QED) is 0.574. The van der Waals surface area contributed by atoms with Crippen molar-refractivity contribution in [1.82, 2.24) is 15.2 Å². The summed E-state index contributed by atoms with van der Waals surface area (Å²) in [5.41, 5.74) is 0. The van der Waals surface area contributed by atoms with Gasteiger partial charge in [0.1, 0.15) is 5.82 Å². The first-order valence-electron chi connectivity index (χ1n) is 3.90. The van der Waals surface area contributed by atoms with Crippen LogP contribution >= 0.6 is 11.8 Å². The molecular weight excluding hydrogens is 170 g/mol. The van der Waals surface area contributed by atoms with E-state index in [1.807, 2.05) is 6.08 Å². The van der Waals surface area contributed by atoms with Gasteiger partial charge in [0.15, 0.2) is 0 Å². The van der Waals surface area contributed by atoms with Crippen molar-refractivity contribution in [3.8, 4) is 0 Å². The summed E-state index contributed by atoms with van der Waals surface area (Å²) in [5.74, 6) is 2.22. The summed E-state index contributed by atoms with van der Waals surface area (Å²) in [6, 6.07) is 0. The lowest BCUT2D eigenvalue weighted by molar-refractivity contribution is 0.780. The zero-order valence-corrected chi connectivity index (χ0v) is 8.19. The predicted molar refractivity (Wildman–Crippen MR) is 51.4 cm³/mol. The lowest BCUT2D eigenvalue weighted by Gasteiger charge is -1.94. The summed E-state index contributed by atoms with van der Waals surface area (Å²) in [6.45, 7) is 7.80. The Balaban J connectivity index is 2.58. The topological polar surface area (TPSA) is 41.6 Å². The van der Waals surface area contributed by atoms with E-state index in [9.17, 15) is 0 Å². The minimum atomic E-state index is 0.413. The monoisotopic (exact) mass is 183 g/mol. The zero-order valence-electron chi connectivity index (χ0n) is 7.37. The number of hydrogen-bond acceptors (Lipinski definition) is 3. The molecule has 1 aromatic heterocycles. The first-order valence-corrected chi connectivity index (χ1v) is 4.88. The van der Waals surface area contributed by atoms with E-state index in [0.29, 0.717) is 5.92 Å². The van der Waals surface area contributed by atoms with Gasteiger partial charge in [-0.25, -0.2) is 4.98 Å². The Labute approximate surface area is 76.7 Å². The van der Waals surface area contributed by atoms with E-state index in [4.69, 9.17) is 0 Å². The minimum absolute atomic E-state index is 0.413. The van der Waals surface area contributed by atoms with Crippen molar-refractivity contribution in [2.24, 2.45) is 0 Å². The standard InChI is InChI=1S/C8H13N3S/c1-4-5-12-8-9-7(6(2)3)10-11-8/h4,6H,1,5H2,2-3H3,(H,9,10,11). The van der Waals surface area contributed by atoms with Crippen LogP contribution in [0.2, 0.25) is 0 Å². The highest BCUT2D eigenvalue weighted by atomic mass is 32.2. The van der Waals surface area contributed by atoms with E-state index in [1.165, 1.54) is 0 Å². The van der Waals surface area contributed by atoms with E-state index >= 15 is 0 Å². The average Bonchev–Trinajstić information content (AvgIpc) is 2.48. The van der Waals surface area contributed by atoms with Gasteiger partial charge in [-0.2, -0.15) is 0 Å². The van der Waals surface area contributed by atoms with E-state index in [-0.39, 0.29) is 0 Å². The van der Waals surface area contributed by atoms with E-state index < -0.39 is 0 Å². The van der Waals surface area contributed by atoms with Gasteiger partial charge in [0.25, 0.3) is 0 Å². The summed E-state index contributed by atoms with van der Waals surface area (Å²) in [4.78, 5) is 4.30. The van der Waals surface area contributed by atoms with Crippen LogP contribution < -0.4 is 0 Å². The minimum Gasteiger partial charge on any atom is -0.262 e. The van der Waals surface area contributed by atoms with Crippen LogP contribution in [0.4, 0.5) is 0 Å². The smallest absolute Gasteiger partial charge is 0.208 e. The van der Waals surface area contributed by atoms with Gasteiger partial charge in [-0.1, -0.05) is 31.7 Å². The molecule has 0 bridgehead atoms. The molecule has 0 aliphatic rings. The molecule has 1 N–H and O–H groups in total. The summed E-state index contributed by atoms with van der Waals surface area (Å²) in [5, 5.41) is 7.76. The first kappa shape index (κ1) is 9.32. The average molecular weight is 183 g/mol. The number of H-pyrrole nitrogens is 1. The normalized spacial score (nSPS) is 10.6. The van der Waals surface area contributed by atoms with Gasteiger partial charge in [-0.05, 0) is 0 Å².